The van der Waals surface area contributed by atoms with Gasteiger partial charge in [-0.1, -0.05) is 6.92 Å². The second-order valence-electron chi connectivity index (χ2n) is 4.28. The lowest BCUT2D eigenvalue weighted by Crippen LogP contribution is -2.15. The highest BCUT2D eigenvalue weighted by Crippen LogP contribution is 2.18. The molecule has 0 radical (unpaired) electrons. The van der Waals surface area contributed by atoms with Crippen LogP contribution >= 0.6 is 11.6 Å². The molecule has 0 saturated carbocycles. The number of aromatic nitrogens is 7. The molecular formula is C12H13ClN8. The highest BCUT2D eigenvalue weighted by atomic mass is 35.5. The first-order chi connectivity index (χ1) is 10.3. The first-order valence-electron chi connectivity index (χ1n) is 6.42. The summed E-state index contributed by atoms with van der Waals surface area (Å²) >= 11 is 5.96. The van der Waals surface area contributed by atoms with Crippen LogP contribution in [0, 0.1) is 0 Å². The molecule has 0 aliphatic heterocycles. The van der Waals surface area contributed by atoms with Crippen molar-refractivity contribution in [3.8, 4) is 5.95 Å². The third kappa shape index (κ3) is 3.00. The van der Waals surface area contributed by atoms with E-state index in [2.05, 4.69) is 35.2 Å². The maximum absolute atomic E-state index is 5.96. The monoisotopic (exact) mass is 304 g/mol. The zero-order valence-electron chi connectivity index (χ0n) is 11.2. The molecule has 0 saturated heterocycles. The summed E-state index contributed by atoms with van der Waals surface area (Å²) in [6.07, 6.45) is 9.27. The first kappa shape index (κ1) is 13.5. The molecule has 3 rings (SSSR count). The van der Waals surface area contributed by atoms with E-state index in [9.17, 15) is 0 Å². The molecule has 0 fully saturated rings. The predicted molar refractivity (Wildman–Crippen MR) is 77.2 cm³/mol. The Bertz CT molecular complexity index is 694. The lowest BCUT2D eigenvalue weighted by atomic mass is 10.2. The zero-order valence-corrected chi connectivity index (χ0v) is 12.0. The summed E-state index contributed by atoms with van der Waals surface area (Å²) in [4.78, 5) is 23.8. The van der Waals surface area contributed by atoms with E-state index < -0.39 is 0 Å². The van der Waals surface area contributed by atoms with Crippen molar-refractivity contribution >= 4 is 17.5 Å². The SMILES string of the molecule is CCC(Nc1nc(Cl)nc(-n2ccnc2)n1)c1ncc[nH]1. The Morgan fingerprint density at radius 2 is 2.24 bits per heavy atom. The molecule has 0 bridgehead atoms. The summed E-state index contributed by atoms with van der Waals surface area (Å²) in [5, 5.41) is 3.32. The van der Waals surface area contributed by atoms with Gasteiger partial charge in [0, 0.05) is 24.8 Å². The van der Waals surface area contributed by atoms with E-state index in [1.807, 2.05) is 6.92 Å². The maximum atomic E-state index is 5.96. The third-order valence-corrected chi connectivity index (χ3v) is 3.06. The number of anilines is 1. The van der Waals surface area contributed by atoms with Gasteiger partial charge < -0.3 is 10.3 Å². The number of hydrogen-bond acceptors (Lipinski definition) is 6. The number of rotatable bonds is 5. The Balaban J connectivity index is 1.88. The fraction of sp³-hybridized carbons (Fsp3) is 0.250. The van der Waals surface area contributed by atoms with Crippen molar-refractivity contribution in [2.45, 2.75) is 19.4 Å². The van der Waals surface area contributed by atoms with E-state index in [4.69, 9.17) is 11.6 Å². The van der Waals surface area contributed by atoms with Gasteiger partial charge in [-0.05, 0) is 18.0 Å². The summed E-state index contributed by atoms with van der Waals surface area (Å²) in [5.41, 5.74) is 0. The summed E-state index contributed by atoms with van der Waals surface area (Å²) in [6.45, 7) is 2.04. The van der Waals surface area contributed by atoms with Gasteiger partial charge in [0.2, 0.25) is 17.2 Å². The Kier molecular flexibility index (Phi) is 3.78. The van der Waals surface area contributed by atoms with Crippen molar-refractivity contribution in [2.75, 3.05) is 5.32 Å². The van der Waals surface area contributed by atoms with Crippen LogP contribution in [0.5, 0.6) is 0 Å². The van der Waals surface area contributed by atoms with Gasteiger partial charge in [-0.25, -0.2) is 9.97 Å². The number of aromatic amines is 1. The minimum absolute atomic E-state index is 0.0332. The largest absolute Gasteiger partial charge is 0.347 e. The number of hydrogen-bond donors (Lipinski definition) is 2. The number of nitrogens with one attached hydrogen (secondary N) is 2. The summed E-state index contributed by atoms with van der Waals surface area (Å²) < 4.78 is 1.66. The molecule has 0 spiro atoms. The molecule has 0 amide bonds. The number of imidazole rings is 2. The average Bonchev–Trinajstić information content (AvgIpc) is 3.16. The Hall–Kier alpha value is -2.48. The van der Waals surface area contributed by atoms with Crippen LogP contribution in [0.3, 0.4) is 0 Å². The van der Waals surface area contributed by atoms with Gasteiger partial charge in [0.15, 0.2) is 0 Å². The van der Waals surface area contributed by atoms with Crippen molar-refractivity contribution in [3.63, 3.8) is 0 Å². The Morgan fingerprint density at radius 1 is 1.33 bits per heavy atom. The molecule has 2 N–H and O–H groups in total. The van der Waals surface area contributed by atoms with E-state index in [0.29, 0.717) is 11.9 Å². The third-order valence-electron chi connectivity index (χ3n) is 2.89. The second-order valence-corrected chi connectivity index (χ2v) is 4.62. The van der Waals surface area contributed by atoms with E-state index in [-0.39, 0.29) is 11.3 Å². The van der Waals surface area contributed by atoms with E-state index in [1.165, 1.54) is 0 Å². The number of H-pyrrole nitrogens is 1. The van der Waals surface area contributed by atoms with Crippen molar-refractivity contribution < 1.29 is 0 Å². The van der Waals surface area contributed by atoms with Crippen molar-refractivity contribution in [1.29, 1.82) is 0 Å². The van der Waals surface area contributed by atoms with E-state index >= 15 is 0 Å². The molecule has 8 nitrogen and oxygen atoms in total. The maximum Gasteiger partial charge on any atom is 0.241 e. The van der Waals surface area contributed by atoms with Crippen molar-refractivity contribution in [1.82, 2.24) is 34.5 Å². The molecule has 3 heterocycles. The molecule has 1 atom stereocenters. The van der Waals surface area contributed by atoms with Gasteiger partial charge in [0.1, 0.15) is 12.2 Å². The molecule has 0 aliphatic carbocycles. The normalized spacial score (nSPS) is 12.3. The standard InChI is InChI=1S/C12H13ClN8/c1-2-8(9-15-3-4-16-9)17-11-18-10(13)19-12(20-11)21-6-5-14-7-21/h3-8H,2H2,1H3,(H,15,16)(H,17,18,19,20). The molecule has 108 valence electrons. The minimum atomic E-state index is -0.0332. The van der Waals surface area contributed by atoms with Crippen LogP contribution in [-0.4, -0.2) is 34.5 Å². The van der Waals surface area contributed by atoms with E-state index in [1.54, 1.807) is 35.7 Å². The minimum Gasteiger partial charge on any atom is -0.347 e. The fourth-order valence-corrected chi connectivity index (χ4v) is 2.04. The quantitative estimate of drug-likeness (QED) is 0.748. The van der Waals surface area contributed by atoms with Crippen LogP contribution in [0.1, 0.15) is 25.2 Å². The van der Waals surface area contributed by atoms with Gasteiger partial charge in [-0.3, -0.25) is 4.57 Å². The lowest BCUT2D eigenvalue weighted by molar-refractivity contribution is 0.692. The van der Waals surface area contributed by atoms with Gasteiger partial charge in [0.05, 0.1) is 6.04 Å². The van der Waals surface area contributed by atoms with Crippen LogP contribution in [0.4, 0.5) is 5.95 Å². The predicted octanol–water partition coefficient (Wildman–Crippen LogP) is 2.00. The molecule has 1 unspecified atom stereocenters. The lowest BCUT2D eigenvalue weighted by Gasteiger charge is -2.15. The van der Waals surface area contributed by atoms with Gasteiger partial charge >= 0.3 is 0 Å². The molecule has 21 heavy (non-hydrogen) atoms. The topological polar surface area (TPSA) is 97.2 Å². The molecule has 9 heteroatoms. The Morgan fingerprint density at radius 3 is 2.90 bits per heavy atom. The van der Waals surface area contributed by atoms with Crippen LogP contribution < -0.4 is 5.32 Å². The molecule has 0 aromatic carbocycles. The molecule has 3 aromatic rings. The molecular weight excluding hydrogens is 292 g/mol. The molecule has 0 aliphatic rings. The molecule has 3 aromatic heterocycles. The van der Waals surface area contributed by atoms with Gasteiger partial charge in [-0.15, -0.1) is 0 Å². The Labute approximate surface area is 125 Å². The summed E-state index contributed by atoms with van der Waals surface area (Å²) in [6, 6.07) is -0.0332. The van der Waals surface area contributed by atoms with Crippen LogP contribution in [0.2, 0.25) is 5.28 Å². The van der Waals surface area contributed by atoms with Crippen LogP contribution in [0.15, 0.2) is 31.1 Å². The summed E-state index contributed by atoms with van der Waals surface area (Å²) in [7, 11) is 0. The van der Waals surface area contributed by atoms with Crippen LogP contribution in [-0.2, 0) is 0 Å². The van der Waals surface area contributed by atoms with Gasteiger partial charge in [0.25, 0.3) is 0 Å². The number of nitrogens with zero attached hydrogens (tertiary/aromatic N) is 6. The first-order valence-corrected chi connectivity index (χ1v) is 6.79. The van der Waals surface area contributed by atoms with Gasteiger partial charge in [-0.2, -0.15) is 15.0 Å². The fourth-order valence-electron chi connectivity index (χ4n) is 1.88. The average molecular weight is 305 g/mol. The summed E-state index contributed by atoms with van der Waals surface area (Å²) in [5.74, 6) is 1.62. The highest BCUT2D eigenvalue weighted by Gasteiger charge is 2.14. The van der Waals surface area contributed by atoms with E-state index in [0.717, 1.165) is 12.2 Å². The van der Waals surface area contributed by atoms with Crippen molar-refractivity contribution in [2.24, 2.45) is 0 Å². The van der Waals surface area contributed by atoms with Crippen molar-refractivity contribution in [3.05, 3.63) is 42.2 Å². The van der Waals surface area contributed by atoms with Crippen LogP contribution in [0.25, 0.3) is 5.95 Å². The smallest absolute Gasteiger partial charge is 0.241 e. The highest BCUT2D eigenvalue weighted by molar-refractivity contribution is 6.28. The number of halogens is 1. The zero-order chi connectivity index (χ0) is 14.7. The second kappa shape index (κ2) is 5.88.